The molecule has 0 saturated carbocycles. The molecule has 2 N–H and O–H groups in total. The molecule has 1 amide bonds. The largest absolute Gasteiger partial charge is 0.371 e. The van der Waals surface area contributed by atoms with Gasteiger partial charge < -0.3 is 10.2 Å². The van der Waals surface area contributed by atoms with Crippen LogP contribution in [0.5, 0.6) is 0 Å². The highest BCUT2D eigenvalue weighted by Gasteiger charge is 2.24. The molecule has 2 aromatic carbocycles. The van der Waals surface area contributed by atoms with Gasteiger partial charge in [0.1, 0.15) is 4.90 Å². The third-order valence-electron chi connectivity index (χ3n) is 5.22. The van der Waals surface area contributed by atoms with E-state index in [2.05, 4.69) is 21.9 Å². The lowest BCUT2D eigenvalue weighted by Gasteiger charge is -2.33. The number of rotatable bonds is 6. The number of benzene rings is 2. The summed E-state index contributed by atoms with van der Waals surface area (Å²) >= 11 is 12.0. The van der Waals surface area contributed by atoms with E-state index in [0.717, 1.165) is 31.6 Å². The summed E-state index contributed by atoms with van der Waals surface area (Å²) in [5.74, 6) is 0.406. The molecule has 1 aliphatic rings. The zero-order valence-corrected chi connectivity index (χ0v) is 20.1. The molecule has 6 nitrogen and oxygen atoms in total. The number of piperidine rings is 1. The first-order chi connectivity index (χ1) is 14.6. The molecule has 0 radical (unpaired) electrons. The smallest absolute Gasteiger partial charge is 0.263 e. The monoisotopic (exact) mass is 483 g/mol. The molecule has 168 valence electrons. The summed E-state index contributed by atoms with van der Waals surface area (Å²) in [4.78, 5) is 15.0. The second-order valence-corrected chi connectivity index (χ2v) is 10.7. The van der Waals surface area contributed by atoms with Crippen molar-refractivity contribution in [3.63, 3.8) is 0 Å². The Bertz CT molecular complexity index is 1070. The minimum absolute atomic E-state index is 0.0488. The quantitative estimate of drug-likeness (QED) is 0.593. The standard InChI is InChI=1S/C22H27Cl2N3O3S/c1-14(2)25-22(28)18-13-17(5-7-20(18)27-10-8-15(3)9-11-27)26-31(29,30)21-12-16(23)4-6-19(21)24/h4-7,12-15,26H,8-11H2,1-3H3,(H,25,28). The Balaban J connectivity index is 1.96. The number of sulfonamides is 1. The van der Waals surface area contributed by atoms with Crippen LogP contribution in [0.15, 0.2) is 41.3 Å². The lowest BCUT2D eigenvalue weighted by Crippen LogP contribution is -2.36. The molecule has 31 heavy (non-hydrogen) atoms. The van der Waals surface area contributed by atoms with Gasteiger partial charge in [0.05, 0.1) is 10.6 Å². The lowest BCUT2D eigenvalue weighted by atomic mass is 9.98. The molecule has 0 aromatic heterocycles. The van der Waals surface area contributed by atoms with Gasteiger partial charge in [-0.15, -0.1) is 0 Å². The lowest BCUT2D eigenvalue weighted by molar-refractivity contribution is 0.0943. The fraction of sp³-hybridized carbons (Fsp3) is 0.409. The van der Waals surface area contributed by atoms with Crippen molar-refractivity contribution in [1.29, 1.82) is 0 Å². The minimum atomic E-state index is -3.99. The van der Waals surface area contributed by atoms with E-state index in [4.69, 9.17) is 23.2 Å². The van der Waals surface area contributed by atoms with E-state index >= 15 is 0 Å². The average Bonchev–Trinajstić information content (AvgIpc) is 2.69. The normalized spacial score (nSPS) is 15.2. The molecule has 3 rings (SSSR count). The summed E-state index contributed by atoms with van der Waals surface area (Å²) in [6, 6.07) is 9.22. The fourth-order valence-electron chi connectivity index (χ4n) is 3.54. The molecule has 2 aromatic rings. The van der Waals surface area contributed by atoms with Crippen molar-refractivity contribution in [3.05, 3.63) is 52.0 Å². The molecule has 9 heteroatoms. The molecule has 1 fully saturated rings. The number of carbonyl (C=O) groups excluding carboxylic acids is 1. The molecule has 1 aliphatic heterocycles. The number of halogens is 2. The van der Waals surface area contributed by atoms with E-state index < -0.39 is 10.0 Å². The van der Waals surface area contributed by atoms with Gasteiger partial charge in [-0.3, -0.25) is 9.52 Å². The van der Waals surface area contributed by atoms with Gasteiger partial charge in [0.15, 0.2) is 0 Å². The molecule has 0 aliphatic carbocycles. The zero-order valence-electron chi connectivity index (χ0n) is 17.8. The van der Waals surface area contributed by atoms with E-state index in [-0.39, 0.29) is 32.6 Å². The van der Waals surface area contributed by atoms with Crippen molar-refractivity contribution in [3.8, 4) is 0 Å². The van der Waals surface area contributed by atoms with Crippen LogP contribution in [-0.2, 0) is 10.0 Å². The maximum Gasteiger partial charge on any atom is 0.263 e. The van der Waals surface area contributed by atoms with Crippen LogP contribution in [0.4, 0.5) is 11.4 Å². The van der Waals surface area contributed by atoms with Crippen LogP contribution in [0.1, 0.15) is 44.0 Å². The highest BCUT2D eigenvalue weighted by molar-refractivity contribution is 7.92. The van der Waals surface area contributed by atoms with Gasteiger partial charge in [0, 0.05) is 35.5 Å². The highest BCUT2D eigenvalue weighted by atomic mass is 35.5. The first-order valence-electron chi connectivity index (χ1n) is 10.2. The van der Waals surface area contributed by atoms with E-state index in [1.54, 1.807) is 18.2 Å². The summed E-state index contributed by atoms with van der Waals surface area (Å²) in [6.07, 6.45) is 2.10. The Hall–Kier alpha value is -1.96. The first kappa shape index (κ1) is 23.7. The third kappa shape index (κ3) is 5.84. The number of amides is 1. The topological polar surface area (TPSA) is 78.5 Å². The summed E-state index contributed by atoms with van der Waals surface area (Å²) in [5, 5.41) is 3.23. The van der Waals surface area contributed by atoms with Gasteiger partial charge in [0.2, 0.25) is 0 Å². The van der Waals surface area contributed by atoms with Gasteiger partial charge >= 0.3 is 0 Å². The van der Waals surface area contributed by atoms with E-state index in [9.17, 15) is 13.2 Å². The maximum atomic E-state index is 12.9. The Morgan fingerprint density at radius 3 is 2.42 bits per heavy atom. The van der Waals surface area contributed by atoms with Crippen molar-refractivity contribution < 1.29 is 13.2 Å². The predicted octanol–water partition coefficient (Wildman–Crippen LogP) is 5.17. The molecule has 0 spiro atoms. The molecule has 0 bridgehead atoms. The van der Waals surface area contributed by atoms with Crippen LogP contribution in [0.2, 0.25) is 10.0 Å². The minimum Gasteiger partial charge on any atom is -0.371 e. The summed E-state index contributed by atoms with van der Waals surface area (Å²) in [5.41, 5.74) is 1.51. The Morgan fingerprint density at radius 2 is 1.77 bits per heavy atom. The van der Waals surface area contributed by atoms with E-state index in [1.165, 1.54) is 18.2 Å². The molecular formula is C22H27Cl2N3O3S. The SMILES string of the molecule is CC1CCN(c2ccc(NS(=O)(=O)c3cc(Cl)ccc3Cl)cc2C(=O)NC(C)C)CC1. The van der Waals surface area contributed by atoms with Crippen molar-refractivity contribution in [2.45, 2.75) is 44.6 Å². The number of anilines is 2. The second-order valence-electron chi connectivity index (χ2n) is 8.21. The van der Waals surface area contributed by atoms with Crippen molar-refractivity contribution >= 4 is 50.5 Å². The van der Waals surface area contributed by atoms with E-state index in [0.29, 0.717) is 11.5 Å². The molecule has 1 saturated heterocycles. The number of nitrogens with one attached hydrogen (secondary N) is 2. The highest BCUT2D eigenvalue weighted by Crippen LogP contribution is 2.31. The van der Waals surface area contributed by atoms with Gasteiger partial charge in [-0.05, 0) is 69.0 Å². The summed E-state index contributed by atoms with van der Waals surface area (Å²) in [7, 11) is -3.99. The molecule has 0 atom stereocenters. The van der Waals surface area contributed by atoms with Gasteiger partial charge in [-0.2, -0.15) is 0 Å². The van der Waals surface area contributed by atoms with Crippen molar-refractivity contribution in [1.82, 2.24) is 5.32 Å². The van der Waals surface area contributed by atoms with Gasteiger partial charge in [-0.25, -0.2) is 8.42 Å². The number of hydrogen-bond acceptors (Lipinski definition) is 4. The zero-order chi connectivity index (χ0) is 22.8. The number of carbonyl (C=O) groups is 1. The Labute approximate surface area is 194 Å². The van der Waals surface area contributed by atoms with Crippen LogP contribution < -0.4 is 14.9 Å². The van der Waals surface area contributed by atoms with Crippen LogP contribution in [0.25, 0.3) is 0 Å². The van der Waals surface area contributed by atoms with Gasteiger partial charge in [-0.1, -0.05) is 30.1 Å². The summed E-state index contributed by atoms with van der Waals surface area (Å²) < 4.78 is 28.3. The predicted molar refractivity (Wildman–Crippen MR) is 127 cm³/mol. The maximum absolute atomic E-state index is 12.9. The molecule has 1 heterocycles. The second kappa shape index (κ2) is 9.67. The van der Waals surface area contributed by atoms with Gasteiger partial charge in [0.25, 0.3) is 15.9 Å². The third-order valence-corrected chi connectivity index (χ3v) is 7.32. The molecule has 0 unspecified atom stereocenters. The number of nitrogens with zero attached hydrogens (tertiary/aromatic N) is 1. The van der Waals surface area contributed by atoms with Crippen molar-refractivity contribution in [2.24, 2.45) is 5.92 Å². The fourth-order valence-corrected chi connectivity index (χ4v) is 5.35. The first-order valence-corrected chi connectivity index (χ1v) is 12.5. The van der Waals surface area contributed by atoms with Crippen molar-refractivity contribution in [2.75, 3.05) is 22.7 Å². The van der Waals surface area contributed by atoms with Crippen LogP contribution in [0.3, 0.4) is 0 Å². The number of hydrogen-bond donors (Lipinski definition) is 2. The molecular weight excluding hydrogens is 457 g/mol. The van der Waals surface area contributed by atoms with Crippen LogP contribution in [0, 0.1) is 5.92 Å². The van der Waals surface area contributed by atoms with E-state index in [1.807, 2.05) is 13.8 Å². The van der Waals surface area contributed by atoms with Crippen LogP contribution in [-0.4, -0.2) is 33.5 Å². The Kier molecular flexibility index (Phi) is 7.39. The Morgan fingerprint density at radius 1 is 1.10 bits per heavy atom. The average molecular weight is 484 g/mol. The summed E-state index contributed by atoms with van der Waals surface area (Å²) in [6.45, 7) is 7.70. The van der Waals surface area contributed by atoms with Crippen LogP contribution >= 0.6 is 23.2 Å².